The average Bonchev–Trinajstić information content (AvgIpc) is 2.96. The number of hydrogen-bond acceptors (Lipinski definition) is 7. The molecule has 8 heteroatoms. The molecule has 0 aromatic heterocycles. The lowest BCUT2D eigenvalue weighted by molar-refractivity contribution is -0.132. The second-order valence-corrected chi connectivity index (χ2v) is 11.5. The molecule has 2 rings (SSSR count). The normalized spacial score (nSPS) is 19.1. The van der Waals surface area contributed by atoms with Crippen LogP contribution in [0, 0.1) is 23.2 Å². The summed E-state index contributed by atoms with van der Waals surface area (Å²) in [6, 6.07) is 6.87. The van der Waals surface area contributed by atoms with Crippen LogP contribution in [0.2, 0.25) is 0 Å². The number of azo groups is 1. The molecule has 41 heavy (non-hydrogen) atoms. The Labute approximate surface area is 246 Å². The van der Waals surface area contributed by atoms with Gasteiger partial charge >= 0.3 is 0 Å². The van der Waals surface area contributed by atoms with Crippen molar-refractivity contribution in [3.8, 4) is 6.07 Å². The van der Waals surface area contributed by atoms with Crippen molar-refractivity contribution in [2.45, 2.75) is 98.1 Å². The third-order valence-electron chi connectivity index (χ3n) is 8.18. The molecular weight excluding hydrogens is 514 g/mol. The summed E-state index contributed by atoms with van der Waals surface area (Å²) in [5.41, 5.74) is 1.25. The number of rotatable bonds is 16. The Morgan fingerprint density at radius 1 is 1.00 bits per heavy atom. The molecule has 1 amide bonds. The zero-order valence-electron chi connectivity index (χ0n) is 26.2. The van der Waals surface area contributed by atoms with E-state index >= 15 is 0 Å². The number of carbonyl (C=O) groups excluding carboxylic acids is 3. The number of benzene rings is 1. The third kappa shape index (κ3) is 9.16. The van der Waals surface area contributed by atoms with Gasteiger partial charge in [0.25, 0.3) is 5.91 Å². The van der Waals surface area contributed by atoms with Crippen molar-refractivity contribution in [1.82, 2.24) is 9.80 Å². The topological polar surface area (TPSA) is 106 Å². The predicted molar refractivity (Wildman–Crippen MR) is 163 cm³/mol. The van der Waals surface area contributed by atoms with Gasteiger partial charge in [-0.15, -0.1) is 0 Å². The number of Topliss-reactive ketones (excluding diaryl/α,β-unsaturated/α-hetero) is 2. The maximum absolute atomic E-state index is 13.9. The fourth-order valence-electron chi connectivity index (χ4n) is 5.44. The van der Waals surface area contributed by atoms with Crippen molar-refractivity contribution < 1.29 is 14.4 Å². The van der Waals surface area contributed by atoms with E-state index in [1.54, 1.807) is 45.3 Å². The van der Waals surface area contributed by atoms with Crippen LogP contribution in [0.3, 0.4) is 0 Å². The Morgan fingerprint density at radius 2 is 1.59 bits per heavy atom. The van der Waals surface area contributed by atoms with E-state index in [4.69, 9.17) is 0 Å². The van der Waals surface area contributed by atoms with E-state index in [0.717, 1.165) is 64.5 Å². The minimum absolute atomic E-state index is 0.0122. The number of carbonyl (C=O) groups is 3. The van der Waals surface area contributed by atoms with Crippen LogP contribution in [0.15, 0.2) is 45.6 Å². The Bertz CT molecular complexity index is 1130. The van der Waals surface area contributed by atoms with Crippen molar-refractivity contribution in [3.63, 3.8) is 0 Å². The number of hydrogen-bond donors (Lipinski definition) is 0. The zero-order chi connectivity index (χ0) is 30.5. The first-order valence-corrected chi connectivity index (χ1v) is 15.3. The number of unbranched alkanes of at least 4 members (excludes halogenated alkanes) is 2. The largest absolute Gasteiger partial charge is 0.338 e. The Hall–Kier alpha value is -3.18. The molecule has 1 aromatic rings. The van der Waals surface area contributed by atoms with Crippen LogP contribution in [0.1, 0.15) is 96.3 Å². The number of amides is 1. The van der Waals surface area contributed by atoms with Crippen LogP contribution >= 0.6 is 0 Å². The van der Waals surface area contributed by atoms with Gasteiger partial charge < -0.3 is 4.90 Å². The quantitative estimate of drug-likeness (QED) is 0.160. The molecule has 1 aliphatic carbocycles. The summed E-state index contributed by atoms with van der Waals surface area (Å²) in [5, 5.41) is 18.1. The summed E-state index contributed by atoms with van der Waals surface area (Å²) >= 11 is 0. The lowest BCUT2D eigenvalue weighted by Gasteiger charge is -2.31. The maximum Gasteiger partial charge on any atom is 0.253 e. The van der Waals surface area contributed by atoms with Gasteiger partial charge in [-0.1, -0.05) is 72.3 Å². The molecule has 0 bridgehead atoms. The van der Waals surface area contributed by atoms with Crippen molar-refractivity contribution in [2.24, 2.45) is 22.1 Å². The van der Waals surface area contributed by atoms with Gasteiger partial charge in [-0.2, -0.15) is 15.5 Å². The lowest BCUT2D eigenvalue weighted by Crippen LogP contribution is -2.51. The molecule has 0 radical (unpaired) electrons. The summed E-state index contributed by atoms with van der Waals surface area (Å²) in [5.74, 6) is -0.0120. The van der Waals surface area contributed by atoms with Gasteiger partial charge in [0.05, 0.1) is 11.3 Å². The number of likely N-dealkylation sites (N-methyl/N-ethyl adjacent to an activating group) is 1. The fourth-order valence-corrected chi connectivity index (χ4v) is 5.44. The fraction of sp³-hybridized carbons (Fsp3) is 0.636. The maximum atomic E-state index is 13.9. The van der Waals surface area contributed by atoms with Crippen LogP contribution < -0.4 is 0 Å². The molecular formula is C33H49N5O3. The van der Waals surface area contributed by atoms with Crippen LogP contribution in [-0.4, -0.2) is 66.5 Å². The highest BCUT2D eigenvalue weighted by Crippen LogP contribution is 2.27. The Balaban J connectivity index is 2.37. The summed E-state index contributed by atoms with van der Waals surface area (Å²) in [6.45, 7) is 11.9. The molecule has 1 aliphatic rings. The standard InChI is InChI=1S/C33H49N5O3/c1-8-12-15-24(10-3)21-38(22-25(11-4)16-13-9-2)33(41)26-17-14-18-27(19-26)35-36-29-23(5)28(20-34)31(39)30(32(29)40)37(6)7/h14,17-19,24-25,29-30H,8-13,15-16,21-22H2,1-7H3/b36-35+. The molecule has 0 aliphatic heterocycles. The molecule has 0 saturated heterocycles. The smallest absolute Gasteiger partial charge is 0.253 e. The lowest BCUT2D eigenvalue weighted by atomic mass is 9.83. The van der Waals surface area contributed by atoms with Crippen molar-refractivity contribution in [1.29, 1.82) is 5.26 Å². The van der Waals surface area contributed by atoms with Crippen LogP contribution in [0.25, 0.3) is 0 Å². The third-order valence-corrected chi connectivity index (χ3v) is 8.18. The SMILES string of the molecule is CCCCC(CC)CN(CC(CC)CCCC)C(=O)c1cccc(/N=N/C2C(=O)C(N(C)C)C(=O)C(C#N)=C2C)c1. The van der Waals surface area contributed by atoms with E-state index in [1.165, 1.54) is 4.90 Å². The highest BCUT2D eigenvalue weighted by atomic mass is 16.2. The second kappa shape index (κ2) is 16.9. The van der Waals surface area contributed by atoms with Gasteiger partial charge in [0.1, 0.15) is 12.1 Å². The minimum Gasteiger partial charge on any atom is -0.338 e. The van der Waals surface area contributed by atoms with Crippen molar-refractivity contribution in [2.75, 3.05) is 27.2 Å². The van der Waals surface area contributed by atoms with Crippen molar-refractivity contribution >= 4 is 23.2 Å². The number of ketones is 2. The van der Waals surface area contributed by atoms with Gasteiger partial charge in [0.2, 0.25) is 0 Å². The Kier molecular flexibility index (Phi) is 14.1. The van der Waals surface area contributed by atoms with E-state index in [1.807, 2.05) is 11.0 Å². The van der Waals surface area contributed by atoms with Gasteiger partial charge in [-0.3, -0.25) is 19.3 Å². The summed E-state index contributed by atoms with van der Waals surface area (Å²) in [6.07, 6.45) is 8.89. The molecule has 0 spiro atoms. The van der Waals surface area contributed by atoms with Crippen molar-refractivity contribution in [3.05, 3.63) is 41.0 Å². The van der Waals surface area contributed by atoms with E-state index < -0.39 is 23.7 Å². The summed E-state index contributed by atoms with van der Waals surface area (Å²) in [7, 11) is 3.25. The number of nitrogens with zero attached hydrogens (tertiary/aromatic N) is 5. The first kappa shape index (κ1) is 34.0. The van der Waals surface area contributed by atoms with Gasteiger partial charge in [-0.05, 0) is 69.5 Å². The second-order valence-electron chi connectivity index (χ2n) is 11.5. The van der Waals surface area contributed by atoms with Crippen LogP contribution in [0.5, 0.6) is 0 Å². The molecule has 0 heterocycles. The molecule has 224 valence electrons. The molecule has 4 unspecified atom stereocenters. The van der Waals surface area contributed by atoms with E-state index in [0.29, 0.717) is 28.7 Å². The summed E-state index contributed by atoms with van der Waals surface area (Å²) < 4.78 is 0. The molecule has 8 nitrogen and oxygen atoms in total. The molecule has 1 aromatic carbocycles. The highest BCUT2D eigenvalue weighted by molar-refractivity contribution is 6.21. The minimum atomic E-state index is -1.07. The molecule has 0 N–H and O–H groups in total. The molecule has 0 fully saturated rings. The highest BCUT2D eigenvalue weighted by Gasteiger charge is 2.43. The molecule has 4 atom stereocenters. The average molecular weight is 564 g/mol. The predicted octanol–water partition coefficient (Wildman–Crippen LogP) is 6.94. The van der Waals surface area contributed by atoms with Gasteiger partial charge in [0, 0.05) is 18.7 Å². The van der Waals surface area contributed by atoms with E-state index in [2.05, 4.69) is 37.9 Å². The van der Waals surface area contributed by atoms with Crippen LogP contribution in [0.4, 0.5) is 5.69 Å². The summed E-state index contributed by atoms with van der Waals surface area (Å²) in [4.78, 5) is 43.2. The van der Waals surface area contributed by atoms with Gasteiger partial charge in [0.15, 0.2) is 17.6 Å². The first-order valence-electron chi connectivity index (χ1n) is 15.3. The van der Waals surface area contributed by atoms with Crippen LogP contribution in [-0.2, 0) is 9.59 Å². The zero-order valence-corrected chi connectivity index (χ0v) is 26.2. The molecule has 0 saturated carbocycles. The van der Waals surface area contributed by atoms with E-state index in [-0.39, 0.29) is 11.5 Å². The van der Waals surface area contributed by atoms with Gasteiger partial charge in [-0.25, -0.2) is 0 Å². The van der Waals surface area contributed by atoms with E-state index in [9.17, 15) is 19.6 Å². The first-order chi connectivity index (χ1) is 19.6. The Morgan fingerprint density at radius 3 is 2.07 bits per heavy atom. The monoisotopic (exact) mass is 563 g/mol. The number of nitriles is 1.